The maximum atomic E-state index is 12.2. The lowest BCUT2D eigenvalue weighted by molar-refractivity contribution is -0.113. The highest BCUT2D eigenvalue weighted by Gasteiger charge is 2.17. The number of para-hydroxylation sites is 1. The first kappa shape index (κ1) is 21.8. The molecule has 30 heavy (non-hydrogen) atoms. The summed E-state index contributed by atoms with van der Waals surface area (Å²) in [5.41, 5.74) is 1.15. The van der Waals surface area contributed by atoms with E-state index in [1.54, 1.807) is 19.2 Å². The zero-order chi connectivity index (χ0) is 21.7. The van der Waals surface area contributed by atoms with Crippen LogP contribution >= 0.6 is 11.8 Å². The first-order valence-corrected chi connectivity index (χ1v) is 11.2. The summed E-state index contributed by atoms with van der Waals surface area (Å²) >= 11 is 1.09. The number of aromatic nitrogens is 2. The molecule has 0 atom stereocenters. The lowest BCUT2D eigenvalue weighted by atomic mass is 10.2. The van der Waals surface area contributed by atoms with Gasteiger partial charge in [0.25, 0.3) is 11.1 Å². The Kier molecular flexibility index (Phi) is 6.75. The van der Waals surface area contributed by atoms with Crippen LogP contribution in [0.15, 0.2) is 63.1 Å². The number of carbonyl (C=O) groups is 1. The van der Waals surface area contributed by atoms with Crippen molar-refractivity contribution < 1.29 is 22.4 Å². The predicted octanol–water partition coefficient (Wildman–Crippen LogP) is 2.73. The molecule has 0 aliphatic rings. The van der Waals surface area contributed by atoms with E-state index in [0.29, 0.717) is 22.9 Å². The molecule has 9 nitrogen and oxygen atoms in total. The molecule has 0 aliphatic carbocycles. The van der Waals surface area contributed by atoms with Gasteiger partial charge in [-0.1, -0.05) is 23.9 Å². The topological polar surface area (TPSA) is 115 Å². The minimum Gasteiger partial charge on any atom is -0.496 e. The third kappa shape index (κ3) is 4.99. The first-order chi connectivity index (χ1) is 14.3. The van der Waals surface area contributed by atoms with Crippen molar-refractivity contribution in [3.8, 4) is 17.2 Å². The summed E-state index contributed by atoms with van der Waals surface area (Å²) in [7, 11) is 0.954. The average Bonchev–Trinajstić information content (AvgIpc) is 3.21. The monoisotopic (exact) mass is 448 g/mol. The van der Waals surface area contributed by atoms with E-state index in [2.05, 4.69) is 15.5 Å². The van der Waals surface area contributed by atoms with Crippen molar-refractivity contribution in [2.45, 2.75) is 10.1 Å². The summed E-state index contributed by atoms with van der Waals surface area (Å²) in [4.78, 5) is 12.3. The van der Waals surface area contributed by atoms with Crippen molar-refractivity contribution in [2.75, 3.05) is 32.3 Å². The van der Waals surface area contributed by atoms with Crippen molar-refractivity contribution in [1.29, 1.82) is 0 Å². The molecule has 0 fully saturated rings. The van der Waals surface area contributed by atoms with Crippen molar-refractivity contribution in [1.82, 2.24) is 14.5 Å². The molecule has 2 aromatic carbocycles. The van der Waals surface area contributed by atoms with Crippen LogP contribution < -0.4 is 10.1 Å². The Bertz CT molecular complexity index is 1130. The molecule has 1 amide bonds. The molecule has 158 valence electrons. The van der Waals surface area contributed by atoms with Gasteiger partial charge in [0.1, 0.15) is 5.75 Å². The van der Waals surface area contributed by atoms with Crippen molar-refractivity contribution >= 4 is 33.4 Å². The number of nitrogens with one attached hydrogen (secondary N) is 1. The summed E-state index contributed by atoms with van der Waals surface area (Å²) in [5.74, 6) is 0.661. The number of hydrogen-bond donors (Lipinski definition) is 1. The summed E-state index contributed by atoms with van der Waals surface area (Å²) in [5, 5.41) is 10.9. The number of sulfonamides is 1. The van der Waals surface area contributed by atoms with Crippen LogP contribution in [0.25, 0.3) is 11.5 Å². The summed E-state index contributed by atoms with van der Waals surface area (Å²) in [6.07, 6.45) is 0. The fraction of sp³-hybridized carbons (Fsp3) is 0.211. The lowest BCUT2D eigenvalue weighted by Gasteiger charge is -2.11. The number of thioether (sulfide) groups is 1. The fourth-order valence-electron chi connectivity index (χ4n) is 2.44. The van der Waals surface area contributed by atoms with Crippen molar-refractivity contribution in [3.63, 3.8) is 0 Å². The van der Waals surface area contributed by atoms with Crippen LogP contribution in [0.3, 0.4) is 0 Å². The molecule has 1 N–H and O–H groups in total. The normalized spacial score (nSPS) is 11.5. The van der Waals surface area contributed by atoms with Crippen LogP contribution in [-0.4, -0.2) is 55.8 Å². The Balaban J connectivity index is 1.58. The molecule has 0 saturated heterocycles. The molecular formula is C19H20N4O5S2. The molecule has 0 saturated carbocycles. The van der Waals surface area contributed by atoms with Crippen LogP contribution in [0.4, 0.5) is 5.69 Å². The highest BCUT2D eigenvalue weighted by Crippen LogP contribution is 2.30. The predicted molar refractivity (Wildman–Crippen MR) is 113 cm³/mol. The Morgan fingerprint density at radius 1 is 1.13 bits per heavy atom. The first-order valence-electron chi connectivity index (χ1n) is 8.73. The minimum atomic E-state index is -3.51. The van der Waals surface area contributed by atoms with E-state index in [9.17, 15) is 13.2 Å². The minimum absolute atomic E-state index is 0.0469. The third-order valence-electron chi connectivity index (χ3n) is 3.99. The van der Waals surface area contributed by atoms with E-state index in [1.807, 2.05) is 12.1 Å². The SMILES string of the molecule is COc1ccccc1-c1nnc(SCC(=O)Nc2ccc(S(=O)(=O)N(C)C)cc2)o1. The second-order valence-corrected chi connectivity index (χ2v) is 9.30. The van der Waals surface area contributed by atoms with Gasteiger partial charge in [0, 0.05) is 19.8 Å². The smallest absolute Gasteiger partial charge is 0.277 e. The maximum absolute atomic E-state index is 12.2. The molecular weight excluding hydrogens is 428 g/mol. The number of carbonyl (C=O) groups excluding carboxylic acids is 1. The second kappa shape index (κ2) is 9.28. The molecule has 0 aliphatic heterocycles. The number of ether oxygens (including phenoxy) is 1. The molecule has 1 aromatic heterocycles. The number of rotatable bonds is 8. The van der Waals surface area contributed by atoms with Crippen molar-refractivity contribution in [2.24, 2.45) is 0 Å². The number of benzene rings is 2. The van der Waals surface area contributed by atoms with Gasteiger partial charge in [-0.05, 0) is 36.4 Å². The lowest BCUT2D eigenvalue weighted by Crippen LogP contribution is -2.22. The van der Waals surface area contributed by atoms with Gasteiger partial charge in [-0.3, -0.25) is 4.79 Å². The Hall–Kier alpha value is -2.89. The summed E-state index contributed by atoms with van der Waals surface area (Å²) < 4.78 is 36.1. The molecule has 0 spiro atoms. The molecule has 3 rings (SSSR count). The molecule has 11 heteroatoms. The number of anilines is 1. The van der Waals surface area contributed by atoms with Crippen molar-refractivity contribution in [3.05, 3.63) is 48.5 Å². The molecule has 0 unspecified atom stereocenters. The zero-order valence-corrected chi connectivity index (χ0v) is 18.2. The van der Waals surface area contributed by atoms with E-state index in [0.717, 1.165) is 16.1 Å². The number of amides is 1. The fourth-order valence-corrected chi connectivity index (χ4v) is 3.91. The summed E-state index contributed by atoms with van der Waals surface area (Å²) in [6, 6.07) is 13.2. The maximum Gasteiger partial charge on any atom is 0.277 e. The van der Waals surface area contributed by atoms with Gasteiger partial charge < -0.3 is 14.5 Å². The number of hydrogen-bond acceptors (Lipinski definition) is 8. The molecule has 0 radical (unpaired) electrons. The molecule has 0 bridgehead atoms. The van der Waals surface area contributed by atoms with Gasteiger partial charge >= 0.3 is 0 Å². The van der Waals surface area contributed by atoms with Gasteiger partial charge in [0.05, 0.1) is 23.3 Å². The number of nitrogens with zero attached hydrogens (tertiary/aromatic N) is 3. The van der Waals surface area contributed by atoms with Gasteiger partial charge in [0.2, 0.25) is 15.9 Å². The Labute approximate surface area is 178 Å². The van der Waals surface area contributed by atoms with Crippen LogP contribution in [-0.2, 0) is 14.8 Å². The van der Waals surface area contributed by atoms with E-state index < -0.39 is 10.0 Å². The standard InChI is InChI=1S/C19H20N4O5S2/c1-23(2)30(25,26)14-10-8-13(9-11-14)20-17(24)12-29-19-22-21-18(28-19)15-6-4-5-7-16(15)27-3/h4-11H,12H2,1-3H3,(H,20,24). The van der Waals surface area contributed by atoms with Gasteiger partial charge in [0.15, 0.2) is 0 Å². The highest BCUT2D eigenvalue weighted by atomic mass is 32.2. The zero-order valence-electron chi connectivity index (χ0n) is 16.5. The average molecular weight is 449 g/mol. The second-order valence-electron chi connectivity index (χ2n) is 6.22. The van der Waals surface area contributed by atoms with Crippen LogP contribution in [0.1, 0.15) is 0 Å². The quantitative estimate of drug-likeness (QED) is 0.523. The molecule has 1 heterocycles. The van der Waals surface area contributed by atoms with E-state index in [4.69, 9.17) is 9.15 Å². The van der Waals surface area contributed by atoms with E-state index >= 15 is 0 Å². The highest BCUT2D eigenvalue weighted by molar-refractivity contribution is 7.99. The van der Waals surface area contributed by atoms with Crippen LogP contribution in [0, 0.1) is 0 Å². The summed E-state index contributed by atoms with van der Waals surface area (Å²) in [6.45, 7) is 0. The van der Waals surface area contributed by atoms with Gasteiger partial charge in [-0.2, -0.15) is 0 Å². The Morgan fingerprint density at radius 2 is 1.83 bits per heavy atom. The van der Waals surface area contributed by atoms with Crippen LogP contribution in [0.5, 0.6) is 5.75 Å². The van der Waals surface area contributed by atoms with Crippen LogP contribution in [0.2, 0.25) is 0 Å². The molecule has 3 aromatic rings. The Morgan fingerprint density at radius 3 is 2.50 bits per heavy atom. The van der Waals surface area contributed by atoms with Gasteiger partial charge in [-0.15, -0.1) is 10.2 Å². The van der Waals surface area contributed by atoms with E-state index in [-0.39, 0.29) is 21.8 Å². The van der Waals surface area contributed by atoms with Gasteiger partial charge in [-0.25, -0.2) is 12.7 Å². The van der Waals surface area contributed by atoms with E-state index in [1.165, 1.54) is 38.4 Å². The third-order valence-corrected chi connectivity index (χ3v) is 6.64. The largest absolute Gasteiger partial charge is 0.496 e. The number of methoxy groups -OCH3 is 1.